The maximum atomic E-state index is 5.87. The molecular weight excluding hydrogens is 272 g/mol. The molecular formula is C18H14N4. The van der Waals surface area contributed by atoms with Gasteiger partial charge in [-0.3, -0.25) is 0 Å². The first-order valence-electron chi connectivity index (χ1n) is 7.08. The van der Waals surface area contributed by atoms with E-state index < -0.39 is 0 Å². The molecule has 4 rings (SSSR count). The first-order valence-corrected chi connectivity index (χ1v) is 7.08. The Hall–Kier alpha value is -3.14. The molecule has 22 heavy (non-hydrogen) atoms. The fraction of sp³-hybridized carbons (Fsp3) is 0. The summed E-state index contributed by atoms with van der Waals surface area (Å²) < 4.78 is 0. The molecule has 0 aliphatic carbocycles. The van der Waals surface area contributed by atoms with Crippen LogP contribution in [0.4, 0.5) is 5.95 Å². The third kappa shape index (κ3) is 2.02. The second-order valence-electron chi connectivity index (χ2n) is 5.09. The van der Waals surface area contributed by atoms with Crippen LogP contribution in [-0.4, -0.2) is 15.0 Å². The zero-order valence-corrected chi connectivity index (χ0v) is 11.8. The lowest BCUT2D eigenvalue weighted by Gasteiger charge is -2.06. The van der Waals surface area contributed by atoms with Crippen molar-refractivity contribution < 1.29 is 0 Å². The maximum Gasteiger partial charge on any atom is 0.222 e. The minimum atomic E-state index is 0.271. The predicted octanol–water partition coefficient (Wildman–Crippen LogP) is 3.87. The molecule has 0 fully saturated rings. The number of anilines is 1. The van der Waals surface area contributed by atoms with E-state index in [2.05, 4.69) is 27.1 Å². The minimum absolute atomic E-state index is 0.271. The van der Waals surface area contributed by atoms with Gasteiger partial charge in [-0.25, -0.2) is 4.98 Å². The molecule has 0 saturated carbocycles. The molecule has 0 unspecified atom stereocenters. The summed E-state index contributed by atoms with van der Waals surface area (Å²) in [6.07, 6.45) is 1.96. The smallest absolute Gasteiger partial charge is 0.222 e. The van der Waals surface area contributed by atoms with E-state index in [-0.39, 0.29) is 5.95 Å². The van der Waals surface area contributed by atoms with Crippen molar-refractivity contribution in [3.05, 3.63) is 66.9 Å². The molecule has 0 bridgehead atoms. The minimum Gasteiger partial charge on any atom is -0.368 e. The number of hydrogen-bond donors (Lipinski definition) is 2. The number of nitrogens with zero attached hydrogens (tertiary/aromatic N) is 2. The van der Waals surface area contributed by atoms with Crippen molar-refractivity contribution in [2.45, 2.75) is 0 Å². The molecule has 106 valence electrons. The van der Waals surface area contributed by atoms with Gasteiger partial charge >= 0.3 is 0 Å². The van der Waals surface area contributed by atoms with Crippen molar-refractivity contribution >= 4 is 17.0 Å². The molecule has 2 aromatic carbocycles. The van der Waals surface area contributed by atoms with Crippen LogP contribution < -0.4 is 5.73 Å². The number of rotatable bonds is 2. The Morgan fingerprint density at radius 1 is 0.773 bits per heavy atom. The lowest BCUT2D eigenvalue weighted by atomic mass is 10.0. The van der Waals surface area contributed by atoms with Gasteiger partial charge in [0.05, 0.1) is 11.1 Å². The normalized spacial score (nSPS) is 10.9. The Bertz CT molecular complexity index is 927. The molecule has 0 spiro atoms. The lowest BCUT2D eigenvalue weighted by Crippen LogP contribution is -1.97. The van der Waals surface area contributed by atoms with Gasteiger partial charge in [0.25, 0.3) is 0 Å². The van der Waals surface area contributed by atoms with Crippen molar-refractivity contribution in [2.75, 3.05) is 5.73 Å². The molecule has 3 N–H and O–H groups in total. The molecule has 2 aromatic heterocycles. The van der Waals surface area contributed by atoms with E-state index >= 15 is 0 Å². The fourth-order valence-electron chi connectivity index (χ4n) is 2.70. The van der Waals surface area contributed by atoms with E-state index in [4.69, 9.17) is 5.73 Å². The topological polar surface area (TPSA) is 67.6 Å². The van der Waals surface area contributed by atoms with Gasteiger partial charge in [-0.1, -0.05) is 60.7 Å². The van der Waals surface area contributed by atoms with Crippen molar-refractivity contribution in [1.29, 1.82) is 0 Å². The number of nitrogen functional groups attached to an aromatic ring is 1. The number of H-pyrrole nitrogens is 1. The number of nitrogens with one attached hydrogen (secondary N) is 1. The molecule has 0 atom stereocenters. The van der Waals surface area contributed by atoms with E-state index in [1.54, 1.807) is 0 Å². The van der Waals surface area contributed by atoms with Crippen molar-refractivity contribution in [3.8, 4) is 22.4 Å². The van der Waals surface area contributed by atoms with Crippen LogP contribution in [0.3, 0.4) is 0 Å². The molecule has 0 amide bonds. The molecule has 4 aromatic rings. The third-order valence-corrected chi connectivity index (χ3v) is 3.68. The second-order valence-corrected chi connectivity index (χ2v) is 5.09. The quantitative estimate of drug-likeness (QED) is 0.587. The summed E-state index contributed by atoms with van der Waals surface area (Å²) in [4.78, 5) is 12.0. The zero-order chi connectivity index (χ0) is 14.9. The SMILES string of the molecule is Nc1nc(-c2ccccc2)c2c(-c3ccccc3)c[nH]c2n1. The Kier molecular flexibility index (Phi) is 2.86. The van der Waals surface area contributed by atoms with Crippen molar-refractivity contribution in [3.63, 3.8) is 0 Å². The summed E-state index contributed by atoms with van der Waals surface area (Å²) in [7, 11) is 0. The number of aromatic amines is 1. The van der Waals surface area contributed by atoms with Gasteiger partial charge in [0.2, 0.25) is 5.95 Å². The van der Waals surface area contributed by atoms with Gasteiger partial charge in [-0.05, 0) is 5.56 Å². The highest BCUT2D eigenvalue weighted by Crippen LogP contribution is 2.34. The van der Waals surface area contributed by atoms with Crippen LogP contribution in [0.25, 0.3) is 33.4 Å². The molecule has 4 nitrogen and oxygen atoms in total. The number of benzene rings is 2. The van der Waals surface area contributed by atoms with E-state index in [9.17, 15) is 0 Å². The zero-order valence-electron chi connectivity index (χ0n) is 11.8. The fourth-order valence-corrected chi connectivity index (χ4v) is 2.70. The van der Waals surface area contributed by atoms with Crippen LogP contribution in [0.15, 0.2) is 66.9 Å². The summed E-state index contributed by atoms with van der Waals surface area (Å²) in [6, 6.07) is 20.2. The number of nitrogens with two attached hydrogens (primary N) is 1. The van der Waals surface area contributed by atoms with E-state index in [1.807, 2.05) is 54.7 Å². The largest absolute Gasteiger partial charge is 0.368 e. The second kappa shape index (κ2) is 5.00. The van der Waals surface area contributed by atoms with Crippen LogP contribution in [0, 0.1) is 0 Å². The summed E-state index contributed by atoms with van der Waals surface area (Å²) in [5, 5.41) is 0.992. The van der Waals surface area contributed by atoms with Crippen molar-refractivity contribution in [2.24, 2.45) is 0 Å². The first kappa shape index (κ1) is 12.6. The van der Waals surface area contributed by atoms with Gasteiger partial charge in [0, 0.05) is 17.3 Å². The number of aromatic nitrogens is 3. The summed E-state index contributed by atoms with van der Waals surface area (Å²) in [5.41, 5.74) is 10.7. The van der Waals surface area contributed by atoms with Gasteiger partial charge in [-0.15, -0.1) is 0 Å². The highest BCUT2D eigenvalue weighted by Gasteiger charge is 2.15. The summed E-state index contributed by atoms with van der Waals surface area (Å²) in [6.45, 7) is 0. The highest BCUT2D eigenvalue weighted by atomic mass is 15.0. The van der Waals surface area contributed by atoms with Crippen LogP contribution in [0.2, 0.25) is 0 Å². The number of hydrogen-bond acceptors (Lipinski definition) is 3. The maximum absolute atomic E-state index is 5.87. The Morgan fingerprint density at radius 2 is 1.41 bits per heavy atom. The molecule has 0 aliphatic heterocycles. The van der Waals surface area contributed by atoms with Gasteiger partial charge in [0.1, 0.15) is 5.65 Å². The van der Waals surface area contributed by atoms with Crippen molar-refractivity contribution in [1.82, 2.24) is 15.0 Å². The van der Waals surface area contributed by atoms with E-state index in [0.29, 0.717) is 0 Å². The molecule has 2 heterocycles. The van der Waals surface area contributed by atoms with E-state index in [1.165, 1.54) is 0 Å². The Balaban J connectivity index is 2.06. The number of fused-ring (bicyclic) bond motifs is 1. The van der Waals surface area contributed by atoms with Gasteiger partial charge < -0.3 is 10.7 Å². The molecule has 4 heteroatoms. The molecule has 0 saturated heterocycles. The summed E-state index contributed by atoms with van der Waals surface area (Å²) in [5.74, 6) is 0.271. The molecule has 0 radical (unpaired) electrons. The first-order chi connectivity index (χ1) is 10.8. The van der Waals surface area contributed by atoms with Gasteiger partial charge in [-0.2, -0.15) is 4.98 Å². The monoisotopic (exact) mass is 286 g/mol. The Labute approximate surface area is 127 Å². The standard InChI is InChI=1S/C18H14N4/c19-18-21-16(13-9-5-2-6-10-13)15-14(11-20-17(15)22-18)12-7-3-1-4-8-12/h1-11H,(H3,19,20,21,22). The van der Waals surface area contributed by atoms with Crippen LogP contribution in [0.1, 0.15) is 0 Å². The van der Waals surface area contributed by atoms with Gasteiger partial charge in [0.15, 0.2) is 0 Å². The third-order valence-electron chi connectivity index (χ3n) is 3.68. The summed E-state index contributed by atoms with van der Waals surface area (Å²) >= 11 is 0. The van der Waals surface area contributed by atoms with E-state index in [0.717, 1.165) is 33.4 Å². The highest BCUT2D eigenvalue weighted by molar-refractivity contribution is 6.03. The average Bonchev–Trinajstić information content (AvgIpc) is 2.99. The molecule has 0 aliphatic rings. The Morgan fingerprint density at radius 3 is 2.09 bits per heavy atom. The van der Waals surface area contributed by atoms with Crippen LogP contribution in [0.5, 0.6) is 0 Å². The predicted molar refractivity (Wildman–Crippen MR) is 89.2 cm³/mol. The van der Waals surface area contributed by atoms with Crippen LogP contribution in [-0.2, 0) is 0 Å². The average molecular weight is 286 g/mol. The lowest BCUT2D eigenvalue weighted by molar-refractivity contribution is 1.22. The van der Waals surface area contributed by atoms with Crippen LogP contribution >= 0.6 is 0 Å².